The van der Waals surface area contributed by atoms with Crippen LogP contribution in [0.4, 0.5) is 29.2 Å². The molecule has 0 atom stereocenters. The number of nitro benzene ring substituents is 1. The highest BCUT2D eigenvalue weighted by Gasteiger charge is 2.19. The van der Waals surface area contributed by atoms with Gasteiger partial charge in [-0.25, -0.2) is 4.63 Å². The van der Waals surface area contributed by atoms with E-state index < -0.39 is 4.92 Å². The molecule has 0 aliphatic carbocycles. The van der Waals surface area contributed by atoms with E-state index in [2.05, 4.69) is 51.5 Å². The summed E-state index contributed by atoms with van der Waals surface area (Å²) in [4.78, 5) is 28.8. The summed E-state index contributed by atoms with van der Waals surface area (Å²) in [6, 6.07) is 14.6. The van der Waals surface area contributed by atoms with Crippen LogP contribution in [0.15, 0.2) is 59.4 Å². The molecule has 2 aromatic carbocycles. The van der Waals surface area contributed by atoms with E-state index in [0.717, 1.165) is 43.4 Å². The van der Waals surface area contributed by atoms with Gasteiger partial charge in [0.05, 0.1) is 24.8 Å². The fraction of sp³-hybridized carbons (Fsp3) is 0.355. The normalized spacial score (nSPS) is 10.9. The van der Waals surface area contributed by atoms with E-state index in [-0.39, 0.29) is 11.2 Å². The van der Waals surface area contributed by atoms with E-state index in [0.29, 0.717) is 66.7 Å². The molecule has 0 saturated carbocycles. The number of rotatable bonds is 19. The predicted octanol–water partition coefficient (Wildman–Crippen LogP) is 5.08. The Labute approximate surface area is 270 Å². The van der Waals surface area contributed by atoms with E-state index >= 15 is 0 Å². The quantitative estimate of drug-likeness (QED) is 0.0527. The summed E-state index contributed by atoms with van der Waals surface area (Å²) in [7, 11) is 3.22. The summed E-state index contributed by atoms with van der Waals surface area (Å²) in [6.07, 6.45) is 6.27. The Balaban J connectivity index is 1.12. The third kappa shape index (κ3) is 8.90. The van der Waals surface area contributed by atoms with Crippen molar-refractivity contribution in [3.05, 3.63) is 76.1 Å². The molecule has 0 fully saturated rings. The molecule has 4 N–H and O–H groups in total. The minimum Gasteiger partial charge on any atom is -0.493 e. The highest BCUT2D eigenvalue weighted by atomic mass is 16.6. The average Bonchev–Trinajstić information content (AvgIpc) is 3.59. The van der Waals surface area contributed by atoms with Crippen molar-refractivity contribution in [2.75, 3.05) is 55.1 Å². The van der Waals surface area contributed by atoms with E-state index in [1.165, 1.54) is 6.07 Å². The summed E-state index contributed by atoms with van der Waals surface area (Å²) in [5.74, 6) is 2.63. The van der Waals surface area contributed by atoms with Gasteiger partial charge in [0.2, 0.25) is 23.4 Å². The van der Waals surface area contributed by atoms with Gasteiger partial charge >= 0.3 is 5.69 Å². The topological polar surface area (TPSA) is 200 Å². The van der Waals surface area contributed by atoms with Gasteiger partial charge in [-0.2, -0.15) is 15.0 Å². The number of pyridine rings is 1. The van der Waals surface area contributed by atoms with Crippen LogP contribution in [-0.2, 0) is 13.0 Å². The van der Waals surface area contributed by atoms with Crippen molar-refractivity contribution in [1.29, 1.82) is 0 Å². The minimum absolute atomic E-state index is 0.134. The fourth-order valence-electron chi connectivity index (χ4n) is 4.90. The highest BCUT2D eigenvalue weighted by Crippen LogP contribution is 2.31. The Hall–Kier alpha value is -5.80. The van der Waals surface area contributed by atoms with Crippen LogP contribution >= 0.6 is 0 Å². The zero-order chi connectivity index (χ0) is 32.8. The Morgan fingerprint density at radius 3 is 2.19 bits per heavy atom. The van der Waals surface area contributed by atoms with Crippen LogP contribution in [0.2, 0.25) is 0 Å². The molecule has 0 unspecified atom stereocenters. The van der Waals surface area contributed by atoms with Gasteiger partial charge in [-0.1, -0.05) is 31.0 Å². The number of nitro groups is 1. The molecule has 3 heterocycles. The lowest BCUT2D eigenvalue weighted by molar-refractivity contribution is -0.383. The van der Waals surface area contributed by atoms with Gasteiger partial charge in [0.15, 0.2) is 17.0 Å². The van der Waals surface area contributed by atoms with Crippen molar-refractivity contribution in [3.63, 3.8) is 0 Å². The first-order valence-corrected chi connectivity index (χ1v) is 15.3. The van der Waals surface area contributed by atoms with Crippen molar-refractivity contribution >= 4 is 40.3 Å². The standard InChI is InChI=1S/C31H37N11O5/c1-45-25-12-9-10-21(28(25)46-2)20-36-31-38-29(37-30(39-31)35-19-15-22-11-5-8-16-32-22)34-18-7-4-3-6-17-33-23-13-14-24(42(43)44)27-26(23)40-47-41-27/h5,8-14,16,33H,3-4,6-7,15,17-20H2,1-2H3,(H3,34,35,36,37,38,39). The molecule has 246 valence electrons. The molecule has 0 radical (unpaired) electrons. The zero-order valence-corrected chi connectivity index (χ0v) is 26.2. The molecule has 0 saturated heterocycles. The lowest BCUT2D eigenvalue weighted by atomic mass is 10.2. The second kappa shape index (κ2) is 16.5. The third-order valence-electron chi connectivity index (χ3n) is 7.24. The number of nitrogens with zero attached hydrogens (tertiary/aromatic N) is 7. The Morgan fingerprint density at radius 1 is 0.766 bits per heavy atom. The van der Waals surface area contributed by atoms with E-state index in [9.17, 15) is 10.1 Å². The van der Waals surface area contributed by atoms with E-state index in [1.807, 2.05) is 36.4 Å². The first-order valence-electron chi connectivity index (χ1n) is 15.3. The first-order chi connectivity index (χ1) is 23.1. The van der Waals surface area contributed by atoms with Crippen LogP contribution in [0, 0.1) is 10.1 Å². The predicted molar refractivity (Wildman–Crippen MR) is 177 cm³/mol. The molecule has 5 rings (SSSR count). The lowest BCUT2D eigenvalue weighted by Gasteiger charge is -2.14. The van der Waals surface area contributed by atoms with Gasteiger partial charge in [0.1, 0.15) is 0 Å². The number of anilines is 4. The van der Waals surface area contributed by atoms with Gasteiger partial charge in [0, 0.05) is 56.1 Å². The monoisotopic (exact) mass is 643 g/mol. The molecule has 0 bridgehead atoms. The number of benzene rings is 2. The molecule has 3 aromatic heterocycles. The fourth-order valence-corrected chi connectivity index (χ4v) is 4.90. The summed E-state index contributed by atoms with van der Waals surface area (Å²) >= 11 is 0. The summed E-state index contributed by atoms with van der Waals surface area (Å²) in [6.45, 7) is 2.39. The molecule has 0 aliphatic heterocycles. The van der Waals surface area contributed by atoms with Crippen molar-refractivity contribution in [2.24, 2.45) is 0 Å². The number of methoxy groups -OCH3 is 2. The molecule has 5 aromatic rings. The van der Waals surface area contributed by atoms with Gasteiger partial charge in [-0.3, -0.25) is 15.1 Å². The van der Waals surface area contributed by atoms with Crippen molar-refractivity contribution in [3.8, 4) is 11.5 Å². The lowest BCUT2D eigenvalue weighted by Crippen LogP contribution is -2.15. The SMILES string of the molecule is COc1cccc(CNc2nc(NCCCCCCNc3ccc([N+](=O)[O-])c4nonc34)nc(NCCc3ccccn3)n2)c1OC. The molecule has 0 spiro atoms. The van der Waals surface area contributed by atoms with E-state index in [1.54, 1.807) is 26.5 Å². The van der Waals surface area contributed by atoms with Crippen LogP contribution in [0.3, 0.4) is 0 Å². The Morgan fingerprint density at radius 2 is 1.49 bits per heavy atom. The van der Waals surface area contributed by atoms with Crippen LogP contribution < -0.4 is 30.7 Å². The van der Waals surface area contributed by atoms with E-state index in [4.69, 9.17) is 14.1 Å². The number of para-hydroxylation sites is 1. The Kier molecular flexibility index (Phi) is 11.4. The van der Waals surface area contributed by atoms with Crippen LogP contribution in [0.25, 0.3) is 11.0 Å². The van der Waals surface area contributed by atoms with Gasteiger partial charge in [0.25, 0.3) is 0 Å². The van der Waals surface area contributed by atoms with Crippen LogP contribution in [0.1, 0.15) is 36.9 Å². The van der Waals surface area contributed by atoms with Crippen LogP contribution in [0.5, 0.6) is 11.5 Å². The van der Waals surface area contributed by atoms with Crippen LogP contribution in [-0.4, -0.2) is 69.0 Å². The maximum atomic E-state index is 11.2. The molecule has 16 nitrogen and oxygen atoms in total. The first kappa shape index (κ1) is 32.6. The van der Waals surface area contributed by atoms with Crippen molar-refractivity contribution in [1.82, 2.24) is 30.2 Å². The number of non-ortho nitro benzene ring substituents is 1. The minimum atomic E-state index is -0.500. The second-order valence-electron chi connectivity index (χ2n) is 10.4. The van der Waals surface area contributed by atoms with Gasteiger partial charge < -0.3 is 30.7 Å². The average molecular weight is 644 g/mol. The maximum absolute atomic E-state index is 11.2. The number of hydrogen-bond acceptors (Lipinski definition) is 15. The second-order valence-corrected chi connectivity index (χ2v) is 10.4. The molecule has 16 heteroatoms. The smallest absolute Gasteiger partial charge is 0.300 e. The molecular formula is C31H37N11O5. The van der Waals surface area contributed by atoms with Gasteiger partial charge in [-0.05, 0) is 47.4 Å². The van der Waals surface area contributed by atoms with Crippen molar-refractivity contribution in [2.45, 2.75) is 38.6 Å². The maximum Gasteiger partial charge on any atom is 0.300 e. The summed E-state index contributed by atoms with van der Waals surface area (Å²) in [5, 5.41) is 31.8. The number of fused-ring (bicyclic) bond motifs is 1. The molecular weight excluding hydrogens is 606 g/mol. The number of aromatic nitrogens is 6. The number of hydrogen-bond donors (Lipinski definition) is 4. The van der Waals surface area contributed by atoms with Crippen molar-refractivity contribution < 1.29 is 19.0 Å². The zero-order valence-electron chi connectivity index (χ0n) is 26.2. The number of nitrogens with one attached hydrogen (secondary N) is 4. The largest absolute Gasteiger partial charge is 0.493 e. The molecule has 0 aliphatic rings. The number of unbranched alkanes of at least 4 members (excludes halogenated alkanes) is 3. The highest BCUT2D eigenvalue weighted by molar-refractivity contribution is 5.93. The molecule has 0 amide bonds. The summed E-state index contributed by atoms with van der Waals surface area (Å²) in [5.41, 5.74) is 2.88. The summed E-state index contributed by atoms with van der Waals surface area (Å²) < 4.78 is 15.7. The van der Waals surface area contributed by atoms with Gasteiger partial charge in [-0.15, -0.1) is 0 Å². The molecule has 47 heavy (non-hydrogen) atoms. The Bertz CT molecular complexity index is 1750. The number of ether oxygens (including phenoxy) is 2. The third-order valence-corrected chi connectivity index (χ3v) is 7.24.